The van der Waals surface area contributed by atoms with Crippen LogP contribution in [0.2, 0.25) is 0 Å². The molecule has 1 fully saturated rings. The Bertz CT molecular complexity index is 875. The van der Waals surface area contributed by atoms with E-state index in [-0.39, 0.29) is 11.3 Å². The molecule has 0 bridgehead atoms. The highest BCUT2D eigenvalue weighted by Crippen LogP contribution is 2.33. The van der Waals surface area contributed by atoms with Crippen LogP contribution in [0.5, 0.6) is 0 Å². The third-order valence-corrected chi connectivity index (χ3v) is 5.90. The van der Waals surface area contributed by atoms with Crippen LogP contribution in [0.15, 0.2) is 24.5 Å². The Balaban J connectivity index is 1.54. The Labute approximate surface area is 173 Å². The number of piperidine rings is 1. The second-order valence-corrected chi connectivity index (χ2v) is 9.30. The quantitative estimate of drug-likeness (QED) is 0.862. The minimum atomic E-state index is -0.346. The SMILES string of the molecule is CC(C)(C)C(=O)NCC1CCCN(c2nc(-c3ccncc3)nc3c2CCC3)C1. The number of amides is 1. The molecule has 29 heavy (non-hydrogen) atoms. The van der Waals surface area contributed by atoms with Crippen molar-refractivity contribution in [2.45, 2.75) is 52.9 Å². The van der Waals surface area contributed by atoms with Gasteiger partial charge in [0.2, 0.25) is 5.91 Å². The molecule has 1 atom stereocenters. The van der Waals surface area contributed by atoms with Gasteiger partial charge >= 0.3 is 0 Å². The molecule has 0 saturated carbocycles. The van der Waals surface area contributed by atoms with Gasteiger partial charge in [-0.15, -0.1) is 0 Å². The summed E-state index contributed by atoms with van der Waals surface area (Å²) in [6.07, 6.45) is 9.09. The van der Waals surface area contributed by atoms with Crippen LogP contribution in [0, 0.1) is 11.3 Å². The lowest BCUT2D eigenvalue weighted by molar-refractivity contribution is -0.128. The molecule has 4 rings (SSSR count). The van der Waals surface area contributed by atoms with E-state index in [0.29, 0.717) is 5.92 Å². The zero-order chi connectivity index (χ0) is 20.4. The summed E-state index contributed by atoms with van der Waals surface area (Å²) >= 11 is 0. The molecule has 0 spiro atoms. The van der Waals surface area contributed by atoms with E-state index in [0.717, 1.165) is 68.9 Å². The van der Waals surface area contributed by atoms with Gasteiger partial charge in [0.1, 0.15) is 5.82 Å². The summed E-state index contributed by atoms with van der Waals surface area (Å²) in [5, 5.41) is 3.15. The molecule has 2 aromatic heterocycles. The van der Waals surface area contributed by atoms with E-state index in [1.807, 2.05) is 32.9 Å². The fourth-order valence-electron chi connectivity index (χ4n) is 4.23. The Morgan fingerprint density at radius 2 is 1.97 bits per heavy atom. The molecule has 1 amide bonds. The second-order valence-electron chi connectivity index (χ2n) is 9.30. The number of hydrogen-bond acceptors (Lipinski definition) is 5. The Morgan fingerprint density at radius 1 is 1.17 bits per heavy atom. The maximum absolute atomic E-state index is 12.3. The van der Waals surface area contributed by atoms with Crippen LogP contribution in [0.25, 0.3) is 11.4 Å². The number of carbonyl (C=O) groups excluding carboxylic acids is 1. The predicted molar refractivity (Wildman–Crippen MR) is 115 cm³/mol. The number of fused-ring (bicyclic) bond motifs is 1. The molecule has 0 aromatic carbocycles. The standard InChI is InChI=1S/C23H31N5O/c1-23(2,3)22(29)25-14-16-6-5-13-28(15-16)21-18-7-4-8-19(18)26-20(27-21)17-9-11-24-12-10-17/h9-12,16H,4-8,13-15H2,1-3H3,(H,25,29). The van der Waals surface area contributed by atoms with Crippen molar-refractivity contribution in [1.29, 1.82) is 0 Å². The normalized spacial score (nSPS) is 19.1. The number of rotatable bonds is 4. The topological polar surface area (TPSA) is 71.0 Å². The van der Waals surface area contributed by atoms with Gasteiger partial charge in [0.05, 0.1) is 0 Å². The summed E-state index contributed by atoms with van der Waals surface area (Å²) in [7, 11) is 0. The lowest BCUT2D eigenvalue weighted by Gasteiger charge is -2.35. The third kappa shape index (κ3) is 4.41. The highest BCUT2D eigenvalue weighted by atomic mass is 16.2. The van der Waals surface area contributed by atoms with Gasteiger partial charge in [0, 0.05) is 54.3 Å². The predicted octanol–water partition coefficient (Wildman–Crippen LogP) is 3.41. The average Bonchev–Trinajstić information content (AvgIpc) is 3.20. The summed E-state index contributed by atoms with van der Waals surface area (Å²) in [6, 6.07) is 3.95. The van der Waals surface area contributed by atoms with Gasteiger partial charge in [0.25, 0.3) is 0 Å². The van der Waals surface area contributed by atoms with E-state index >= 15 is 0 Å². The van der Waals surface area contributed by atoms with Crippen LogP contribution in [0.4, 0.5) is 5.82 Å². The summed E-state index contributed by atoms with van der Waals surface area (Å²) in [5.41, 5.74) is 3.19. The van der Waals surface area contributed by atoms with E-state index in [1.54, 1.807) is 12.4 Å². The van der Waals surface area contributed by atoms with E-state index in [9.17, 15) is 4.79 Å². The van der Waals surface area contributed by atoms with Crippen molar-refractivity contribution in [2.24, 2.45) is 11.3 Å². The second kappa shape index (κ2) is 8.09. The fourth-order valence-corrected chi connectivity index (χ4v) is 4.23. The van der Waals surface area contributed by atoms with Gasteiger partial charge in [-0.1, -0.05) is 20.8 Å². The number of aromatic nitrogens is 3. The van der Waals surface area contributed by atoms with Gasteiger partial charge in [0.15, 0.2) is 5.82 Å². The molecule has 0 radical (unpaired) electrons. The van der Waals surface area contributed by atoms with E-state index in [4.69, 9.17) is 9.97 Å². The van der Waals surface area contributed by atoms with Crippen LogP contribution in [-0.4, -0.2) is 40.5 Å². The molecular weight excluding hydrogens is 362 g/mol. The van der Waals surface area contributed by atoms with Gasteiger partial charge in [-0.3, -0.25) is 9.78 Å². The number of aryl methyl sites for hydroxylation is 1. The van der Waals surface area contributed by atoms with Crippen LogP contribution < -0.4 is 10.2 Å². The summed E-state index contributed by atoms with van der Waals surface area (Å²) < 4.78 is 0. The van der Waals surface area contributed by atoms with Crippen LogP contribution in [-0.2, 0) is 17.6 Å². The minimum Gasteiger partial charge on any atom is -0.356 e. The maximum atomic E-state index is 12.3. The number of nitrogens with one attached hydrogen (secondary N) is 1. The van der Waals surface area contributed by atoms with Crippen LogP contribution in [0.1, 0.15) is 51.3 Å². The number of anilines is 1. The molecule has 2 aromatic rings. The largest absolute Gasteiger partial charge is 0.356 e. The molecule has 6 nitrogen and oxygen atoms in total. The van der Waals surface area contributed by atoms with Crippen molar-refractivity contribution in [1.82, 2.24) is 20.3 Å². The molecule has 2 aliphatic rings. The zero-order valence-electron chi connectivity index (χ0n) is 17.7. The summed E-state index contributed by atoms with van der Waals surface area (Å²) in [4.78, 5) is 28.7. The molecule has 1 unspecified atom stereocenters. The van der Waals surface area contributed by atoms with Gasteiger partial charge in [-0.2, -0.15) is 0 Å². The number of pyridine rings is 1. The lowest BCUT2D eigenvalue weighted by atomic mass is 9.94. The molecule has 1 N–H and O–H groups in total. The highest BCUT2D eigenvalue weighted by molar-refractivity contribution is 5.81. The van der Waals surface area contributed by atoms with Gasteiger partial charge < -0.3 is 10.2 Å². The van der Waals surface area contributed by atoms with Gasteiger partial charge in [-0.25, -0.2) is 9.97 Å². The van der Waals surface area contributed by atoms with Gasteiger partial charge in [-0.05, 0) is 50.2 Å². The Morgan fingerprint density at radius 3 is 2.72 bits per heavy atom. The first-order chi connectivity index (χ1) is 13.9. The Kier molecular flexibility index (Phi) is 5.52. The number of hydrogen-bond donors (Lipinski definition) is 1. The Hall–Kier alpha value is -2.50. The smallest absolute Gasteiger partial charge is 0.225 e. The third-order valence-electron chi connectivity index (χ3n) is 5.90. The molecule has 1 aliphatic carbocycles. The first-order valence-corrected chi connectivity index (χ1v) is 10.8. The summed E-state index contributed by atoms with van der Waals surface area (Å²) in [5.74, 6) is 2.47. The zero-order valence-corrected chi connectivity index (χ0v) is 17.7. The molecular formula is C23H31N5O. The van der Waals surface area contributed by atoms with E-state index in [1.165, 1.54) is 11.3 Å². The molecule has 1 aliphatic heterocycles. The number of carbonyl (C=O) groups is 1. The van der Waals surface area contributed by atoms with E-state index in [2.05, 4.69) is 15.2 Å². The van der Waals surface area contributed by atoms with Crippen molar-refractivity contribution in [3.05, 3.63) is 35.8 Å². The van der Waals surface area contributed by atoms with Crippen molar-refractivity contribution < 1.29 is 4.79 Å². The highest BCUT2D eigenvalue weighted by Gasteiger charge is 2.28. The van der Waals surface area contributed by atoms with Crippen LogP contribution >= 0.6 is 0 Å². The van der Waals surface area contributed by atoms with Crippen molar-refractivity contribution in [3.8, 4) is 11.4 Å². The van der Waals surface area contributed by atoms with Crippen molar-refractivity contribution in [3.63, 3.8) is 0 Å². The van der Waals surface area contributed by atoms with Crippen molar-refractivity contribution >= 4 is 11.7 Å². The van der Waals surface area contributed by atoms with Crippen LogP contribution in [0.3, 0.4) is 0 Å². The molecule has 154 valence electrons. The summed E-state index contributed by atoms with van der Waals surface area (Å²) in [6.45, 7) is 8.56. The molecule has 3 heterocycles. The number of nitrogens with zero attached hydrogens (tertiary/aromatic N) is 4. The van der Waals surface area contributed by atoms with Crippen molar-refractivity contribution in [2.75, 3.05) is 24.5 Å². The fraction of sp³-hybridized carbons (Fsp3) is 0.565. The maximum Gasteiger partial charge on any atom is 0.225 e. The average molecular weight is 394 g/mol. The van der Waals surface area contributed by atoms with E-state index < -0.39 is 0 Å². The monoisotopic (exact) mass is 393 g/mol. The molecule has 1 saturated heterocycles. The first kappa shape index (κ1) is 19.8. The minimum absolute atomic E-state index is 0.123. The lowest BCUT2D eigenvalue weighted by Crippen LogP contribution is -2.44. The first-order valence-electron chi connectivity index (χ1n) is 10.8. The molecule has 6 heteroatoms.